The van der Waals surface area contributed by atoms with Crippen LogP contribution in [-0.2, 0) is 9.53 Å². The number of hydrogen-bond acceptors (Lipinski definition) is 5. The van der Waals surface area contributed by atoms with E-state index in [1.54, 1.807) is 13.4 Å². The van der Waals surface area contributed by atoms with Crippen LogP contribution in [0.4, 0.5) is 13.2 Å². The van der Waals surface area contributed by atoms with Crippen molar-refractivity contribution >= 4 is 17.0 Å². The largest absolute Gasteiger partial charge is 0.490 e. The van der Waals surface area contributed by atoms with Crippen molar-refractivity contribution in [3.05, 3.63) is 66.9 Å². The summed E-state index contributed by atoms with van der Waals surface area (Å²) in [6.07, 6.45) is 3.12. The van der Waals surface area contributed by atoms with Gasteiger partial charge in [0.25, 0.3) is 0 Å². The third-order valence-corrected chi connectivity index (χ3v) is 4.57. The standard InChI is InChI=1S/C19H19N5O.C2HF3O2/c1-25-10-8-17(14-5-3-2-4-6-14)24-12-15(11-23-24)18-16-7-9-20-19(16)22-13-21-18;3-2(4,5)1(6)7/h2-7,9,11-13,17H,8,10H2,1H3,(H,20,21,22);(H,6,7). The van der Waals surface area contributed by atoms with Crippen molar-refractivity contribution in [1.82, 2.24) is 24.7 Å². The van der Waals surface area contributed by atoms with E-state index < -0.39 is 12.1 Å². The van der Waals surface area contributed by atoms with E-state index in [0.717, 1.165) is 28.7 Å². The maximum absolute atomic E-state index is 10.6. The molecule has 0 fully saturated rings. The summed E-state index contributed by atoms with van der Waals surface area (Å²) in [5.74, 6) is -2.76. The Morgan fingerprint density at radius 2 is 1.94 bits per heavy atom. The Morgan fingerprint density at radius 1 is 1.22 bits per heavy atom. The minimum Gasteiger partial charge on any atom is -0.475 e. The number of methoxy groups -OCH3 is 1. The second-order valence-electron chi connectivity index (χ2n) is 6.68. The lowest BCUT2D eigenvalue weighted by molar-refractivity contribution is -0.192. The maximum atomic E-state index is 10.6. The summed E-state index contributed by atoms with van der Waals surface area (Å²) < 4.78 is 39.0. The molecule has 0 saturated carbocycles. The number of carboxylic acid groups (broad SMARTS) is 1. The molecule has 0 aliphatic carbocycles. The second kappa shape index (κ2) is 10.1. The summed E-state index contributed by atoms with van der Waals surface area (Å²) in [4.78, 5) is 20.7. The summed E-state index contributed by atoms with van der Waals surface area (Å²) in [6, 6.07) is 12.5. The van der Waals surface area contributed by atoms with Gasteiger partial charge in [-0.1, -0.05) is 30.3 Å². The van der Waals surface area contributed by atoms with Gasteiger partial charge in [-0.15, -0.1) is 0 Å². The van der Waals surface area contributed by atoms with E-state index in [0.29, 0.717) is 6.61 Å². The van der Waals surface area contributed by atoms with Gasteiger partial charge in [0.15, 0.2) is 0 Å². The first-order chi connectivity index (χ1) is 15.3. The van der Waals surface area contributed by atoms with Crippen molar-refractivity contribution in [2.45, 2.75) is 18.6 Å². The van der Waals surface area contributed by atoms with Gasteiger partial charge < -0.3 is 14.8 Å². The number of aliphatic carboxylic acids is 1. The van der Waals surface area contributed by atoms with Crippen LogP contribution in [0.3, 0.4) is 0 Å². The molecule has 1 aromatic carbocycles. The van der Waals surface area contributed by atoms with Crippen LogP contribution in [0.25, 0.3) is 22.3 Å². The molecule has 0 aliphatic heterocycles. The number of halogens is 3. The van der Waals surface area contributed by atoms with E-state index in [4.69, 9.17) is 14.6 Å². The lowest BCUT2D eigenvalue weighted by Gasteiger charge is -2.17. The molecule has 168 valence electrons. The fraction of sp³-hybridized carbons (Fsp3) is 0.238. The minimum absolute atomic E-state index is 0.124. The highest BCUT2D eigenvalue weighted by Gasteiger charge is 2.38. The van der Waals surface area contributed by atoms with Crippen LogP contribution in [-0.4, -0.2) is 55.7 Å². The average Bonchev–Trinajstić information content (AvgIpc) is 3.44. The molecule has 1 unspecified atom stereocenters. The van der Waals surface area contributed by atoms with E-state index in [2.05, 4.69) is 32.2 Å². The first-order valence-electron chi connectivity index (χ1n) is 9.48. The van der Waals surface area contributed by atoms with Gasteiger partial charge in [0, 0.05) is 37.1 Å². The number of hydrogen-bond donors (Lipinski definition) is 2. The Morgan fingerprint density at radius 3 is 2.59 bits per heavy atom. The molecule has 0 spiro atoms. The van der Waals surface area contributed by atoms with Crippen molar-refractivity contribution in [3.8, 4) is 11.3 Å². The van der Waals surface area contributed by atoms with E-state index >= 15 is 0 Å². The van der Waals surface area contributed by atoms with Crippen molar-refractivity contribution in [2.75, 3.05) is 13.7 Å². The highest BCUT2D eigenvalue weighted by Crippen LogP contribution is 2.27. The van der Waals surface area contributed by atoms with Crippen LogP contribution in [0.5, 0.6) is 0 Å². The van der Waals surface area contributed by atoms with Gasteiger partial charge in [-0.05, 0) is 18.1 Å². The van der Waals surface area contributed by atoms with E-state index in [1.807, 2.05) is 47.5 Å². The predicted octanol–water partition coefficient (Wildman–Crippen LogP) is 4.08. The lowest BCUT2D eigenvalue weighted by Crippen LogP contribution is -2.21. The zero-order chi connectivity index (χ0) is 23.1. The molecule has 0 saturated heterocycles. The zero-order valence-electron chi connectivity index (χ0n) is 17.0. The van der Waals surface area contributed by atoms with Gasteiger partial charge in [0.1, 0.15) is 12.0 Å². The molecule has 0 bridgehead atoms. The molecule has 1 atom stereocenters. The Hall–Kier alpha value is -3.73. The third-order valence-electron chi connectivity index (χ3n) is 4.57. The minimum atomic E-state index is -5.08. The average molecular weight is 447 g/mol. The fourth-order valence-corrected chi connectivity index (χ4v) is 3.09. The molecule has 11 heteroatoms. The number of nitrogens with one attached hydrogen (secondary N) is 1. The highest BCUT2D eigenvalue weighted by atomic mass is 19.4. The smallest absolute Gasteiger partial charge is 0.475 e. The van der Waals surface area contributed by atoms with Gasteiger partial charge in [-0.25, -0.2) is 14.8 Å². The molecular weight excluding hydrogens is 427 g/mol. The first-order valence-corrected chi connectivity index (χ1v) is 9.48. The van der Waals surface area contributed by atoms with Crippen LogP contribution in [0.2, 0.25) is 0 Å². The molecule has 32 heavy (non-hydrogen) atoms. The van der Waals surface area contributed by atoms with Crippen LogP contribution >= 0.6 is 0 Å². The van der Waals surface area contributed by atoms with Gasteiger partial charge in [-0.2, -0.15) is 18.3 Å². The molecular formula is C21H20F3N5O3. The van der Waals surface area contributed by atoms with Crippen molar-refractivity contribution < 1.29 is 27.8 Å². The molecule has 0 radical (unpaired) electrons. The fourth-order valence-electron chi connectivity index (χ4n) is 3.09. The van der Waals surface area contributed by atoms with Gasteiger partial charge in [0.05, 0.1) is 17.9 Å². The lowest BCUT2D eigenvalue weighted by atomic mass is 10.0. The van der Waals surface area contributed by atoms with Gasteiger partial charge >= 0.3 is 12.1 Å². The van der Waals surface area contributed by atoms with Crippen molar-refractivity contribution in [1.29, 1.82) is 0 Å². The number of H-pyrrole nitrogens is 1. The van der Waals surface area contributed by atoms with E-state index in [9.17, 15) is 13.2 Å². The molecule has 4 aromatic rings. The molecule has 0 aliphatic rings. The monoisotopic (exact) mass is 447 g/mol. The summed E-state index contributed by atoms with van der Waals surface area (Å²) >= 11 is 0. The Labute approximate surface area is 180 Å². The number of carboxylic acids is 1. The second-order valence-corrected chi connectivity index (χ2v) is 6.68. The zero-order valence-corrected chi connectivity index (χ0v) is 17.0. The normalized spacial score (nSPS) is 12.2. The Bertz CT molecular complexity index is 1160. The van der Waals surface area contributed by atoms with Crippen LogP contribution in [0, 0.1) is 0 Å². The molecule has 3 aromatic heterocycles. The third kappa shape index (κ3) is 5.49. The number of ether oxygens (including phenoxy) is 1. The number of aromatic amines is 1. The SMILES string of the molecule is COCCC(c1ccccc1)n1cc(-c2ncnc3[nH]ccc23)cn1.O=C(O)C(F)(F)F. The van der Waals surface area contributed by atoms with Gasteiger partial charge in [-0.3, -0.25) is 4.68 Å². The Kier molecular flexibility index (Phi) is 7.21. The quantitative estimate of drug-likeness (QED) is 0.461. The molecule has 4 rings (SSSR count). The number of carbonyl (C=O) groups is 1. The van der Waals surface area contributed by atoms with Crippen LogP contribution < -0.4 is 0 Å². The number of alkyl halides is 3. The van der Waals surface area contributed by atoms with Gasteiger partial charge in [0.2, 0.25) is 0 Å². The van der Waals surface area contributed by atoms with Crippen molar-refractivity contribution in [3.63, 3.8) is 0 Å². The summed E-state index contributed by atoms with van der Waals surface area (Å²) in [6.45, 7) is 0.671. The van der Waals surface area contributed by atoms with E-state index in [1.165, 1.54) is 5.56 Å². The summed E-state index contributed by atoms with van der Waals surface area (Å²) in [5.41, 5.74) is 3.90. The number of fused-ring (bicyclic) bond motifs is 1. The topological polar surface area (TPSA) is 106 Å². The van der Waals surface area contributed by atoms with E-state index in [-0.39, 0.29) is 6.04 Å². The predicted molar refractivity (Wildman–Crippen MR) is 110 cm³/mol. The molecule has 0 amide bonds. The highest BCUT2D eigenvalue weighted by molar-refractivity contribution is 5.89. The molecule has 2 N–H and O–H groups in total. The van der Waals surface area contributed by atoms with Crippen LogP contribution in [0.15, 0.2) is 61.3 Å². The van der Waals surface area contributed by atoms with Crippen molar-refractivity contribution in [2.24, 2.45) is 0 Å². The number of rotatable bonds is 6. The number of nitrogens with zero attached hydrogens (tertiary/aromatic N) is 4. The summed E-state index contributed by atoms with van der Waals surface area (Å²) in [5, 5.41) is 12.7. The molecule has 3 heterocycles. The number of aromatic nitrogens is 5. The maximum Gasteiger partial charge on any atom is 0.490 e. The number of benzene rings is 1. The summed E-state index contributed by atoms with van der Waals surface area (Å²) in [7, 11) is 1.72. The first kappa shape index (κ1) is 22.9. The Balaban J connectivity index is 0.000000360. The van der Waals surface area contributed by atoms with Crippen LogP contribution in [0.1, 0.15) is 18.0 Å². The molecule has 8 nitrogen and oxygen atoms in total.